The fraction of sp³-hybridized carbons (Fsp3) is 0.0667. The van der Waals surface area contributed by atoms with Gasteiger partial charge in [-0.15, -0.1) is 0 Å². The number of nitro groups is 1. The van der Waals surface area contributed by atoms with E-state index in [1.807, 2.05) is 12.1 Å². The molecule has 3 rings (SSSR count). The number of hydrogen-bond donors (Lipinski definition) is 1. The second-order valence-corrected chi connectivity index (χ2v) is 6.44. The van der Waals surface area contributed by atoms with Crippen molar-refractivity contribution in [3.63, 3.8) is 0 Å². The lowest BCUT2D eigenvalue weighted by molar-refractivity contribution is -0.386. The van der Waals surface area contributed by atoms with Gasteiger partial charge in [0.1, 0.15) is 17.4 Å². The maximum absolute atomic E-state index is 11.1. The number of nitro benzene ring substituents is 1. The quantitative estimate of drug-likeness (QED) is 0.474. The maximum Gasteiger partial charge on any atom is 0.275 e. The molecule has 0 saturated carbocycles. The van der Waals surface area contributed by atoms with Gasteiger partial charge in [0.2, 0.25) is 0 Å². The summed E-state index contributed by atoms with van der Waals surface area (Å²) < 4.78 is 7.26. The number of fused-ring (bicyclic) bond motifs is 1. The van der Waals surface area contributed by atoms with E-state index >= 15 is 0 Å². The van der Waals surface area contributed by atoms with Crippen LogP contribution >= 0.6 is 31.9 Å². The van der Waals surface area contributed by atoms with E-state index in [1.54, 1.807) is 18.2 Å². The molecule has 0 radical (unpaired) electrons. The minimum absolute atomic E-state index is 0.143. The molecule has 0 bridgehead atoms. The molecule has 1 unspecified atom stereocenters. The minimum atomic E-state index is -1.21. The number of rotatable bonds is 3. The van der Waals surface area contributed by atoms with E-state index in [2.05, 4.69) is 31.9 Å². The van der Waals surface area contributed by atoms with Crippen molar-refractivity contribution in [1.29, 1.82) is 0 Å². The maximum atomic E-state index is 11.1. The molecule has 0 aliphatic rings. The van der Waals surface area contributed by atoms with Crippen LogP contribution in [0.4, 0.5) is 5.69 Å². The van der Waals surface area contributed by atoms with Crippen LogP contribution in [0.2, 0.25) is 0 Å². The summed E-state index contributed by atoms with van der Waals surface area (Å²) in [5.41, 5.74) is 0.633. The molecule has 112 valence electrons. The Bertz CT molecular complexity index is 875. The van der Waals surface area contributed by atoms with Gasteiger partial charge in [-0.25, -0.2) is 0 Å². The average Bonchev–Trinajstić information content (AvgIpc) is 2.90. The van der Waals surface area contributed by atoms with Crippen LogP contribution in [0.5, 0.6) is 0 Å². The Morgan fingerprint density at radius 3 is 2.64 bits per heavy atom. The first-order chi connectivity index (χ1) is 10.5. The van der Waals surface area contributed by atoms with Crippen LogP contribution in [-0.2, 0) is 0 Å². The van der Waals surface area contributed by atoms with Crippen molar-refractivity contribution in [2.45, 2.75) is 6.10 Å². The summed E-state index contributed by atoms with van der Waals surface area (Å²) in [5, 5.41) is 22.3. The van der Waals surface area contributed by atoms with Gasteiger partial charge in [0.25, 0.3) is 5.69 Å². The lowest BCUT2D eigenvalue weighted by Crippen LogP contribution is -2.02. The summed E-state index contributed by atoms with van der Waals surface area (Å²) >= 11 is 6.77. The third-order valence-electron chi connectivity index (χ3n) is 3.25. The van der Waals surface area contributed by atoms with Gasteiger partial charge in [0.15, 0.2) is 0 Å². The molecule has 1 heterocycles. The molecule has 0 amide bonds. The van der Waals surface area contributed by atoms with Crippen LogP contribution in [0, 0.1) is 10.1 Å². The number of benzene rings is 2. The van der Waals surface area contributed by atoms with Crippen molar-refractivity contribution in [3.05, 3.63) is 72.8 Å². The summed E-state index contributed by atoms with van der Waals surface area (Å²) in [6, 6.07) is 11.4. The van der Waals surface area contributed by atoms with Crippen LogP contribution in [0.1, 0.15) is 17.4 Å². The smallest absolute Gasteiger partial charge is 0.275 e. The van der Waals surface area contributed by atoms with Crippen molar-refractivity contribution in [2.75, 3.05) is 0 Å². The summed E-state index contributed by atoms with van der Waals surface area (Å²) in [6.45, 7) is 0. The van der Waals surface area contributed by atoms with Gasteiger partial charge in [-0.05, 0) is 40.2 Å². The fourth-order valence-electron chi connectivity index (χ4n) is 2.27. The van der Waals surface area contributed by atoms with Crippen LogP contribution in [-0.4, -0.2) is 10.0 Å². The zero-order valence-corrected chi connectivity index (χ0v) is 14.2. The molecule has 0 aliphatic heterocycles. The highest BCUT2D eigenvalue weighted by atomic mass is 79.9. The number of halogens is 2. The van der Waals surface area contributed by atoms with E-state index in [0.29, 0.717) is 5.58 Å². The van der Waals surface area contributed by atoms with E-state index in [-0.39, 0.29) is 17.0 Å². The molecule has 5 nitrogen and oxygen atoms in total. The second-order valence-electron chi connectivity index (χ2n) is 4.67. The van der Waals surface area contributed by atoms with Gasteiger partial charge in [0, 0.05) is 15.9 Å². The van der Waals surface area contributed by atoms with E-state index in [9.17, 15) is 15.2 Å². The monoisotopic (exact) mass is 425 g/mol. The lowest BCUT2D eigenvalue weighted by Gasteiger charge is -2.08. The van der Waals surface area contributed by atoms with Crippen molar-refractivity contribution < 1.29 is 14.4 Å². The van der Waals surface area contributed by atoms with E-state index in [0.717, 1.165) is 14.3 Å². The van der Waals surface area contributed by atoms with Gasteiger partial charge in [0.05, 0.1) is 15.0 Å². The molecule has 0 spiro atoms. The SMILES string of the molecule is O=[N+]([O-])c1ccccc1C(O)c1cc2cc(Br)cc(Br)c2o1. The zero-order valence-electron chi connectivity index (χ0n) is 11.0. The highest BCUT2D eigenvalue weighted by Crippen LogP contribution is 2.36. The number of hydrogen-bond acceptors (Lipinski definition) is 4. The Kier molecular flexibility index (Phi) is 4.03. The van der Waals surface area contributed by atoms with Crippen LogP contribution in [0.15, 0.2) is 55.8 Å². The number of aliphatic hydroxyl groups is 1. The van der Waals surface area contributed by atoms with Crippen molar-refractivity contribution >= 4 is 48.5 Å². The first-order valence-corrected chi connectivity index (χ1v) is 7.86. The summed E-state index contributed by atoms with van der Waals surface area (Å²) in [6.07, 6.45) is -1.21. The van der Waals surface area contributed by atoms with Gasteiger partial charge in [-0.3, -0.25) is 10.1 Å². The molecule has 0 saturated heterocycles. The topological polar surface area (TPSA) is 76.5 Å². The van der Waals surface area contributed by atoms with Crippen molar-refractivity contribution in [2.24, 2.45) is 0 Å². The summed E-state index contributed by atoms with van der Waals surface area (Å²) in [7, 11) is 0. The highest BCUT2D eigenvalue weighted by Gasteiger charge is 2.24. The van der Waals surface area contributed by atoms with Gasteiger partial charge in [-0.1, -0.05) is 28.1 Å². The zero-order chi connectivity index (χ0) is 15.9. The normalized spacial score (nSPS) is 12.5. The molecule has 1 N–H and O–H groups in total. The molecule has 3 aromatic rings. The highest BCUT2D eigenvalue weighted by molar-refractivity contribution is 9.11. The standard InChI is InChI=1S/C15H9Br2NO4/c16-9-5-8-6-13(22-15(8)11(17)7-9)14(19)10-3-1-2-4-12(10)18(20)21/h1-7,14,19H. The summed E-state index contributed by atoms with van der Waals surface area (Å²) in [4.78, 5) is 10.6. The molecule has 7 heteroatoms. The molecule has 0 aliphatic carbocycles. The van der Waals surface area contributed by atoms with E-state index in [1.165, 1.54) is 12.1 Å². The average molecular weight is 427 g/mol. The Labute approximate surface area is 142 Å². The molecule has 1 atom stereocenters. The Hall–Kier alpha value is -1.70. The van der Waals surface area contributed by atoms with Gasteiger partial charge < -0.3 is 9.52 Å². The fourth-order valence-corrected chi connectivity index (χ4v) is 3.61. The Morgan fingerprint density at radius 1 is 1.18 bits per heavy atom. The molecule has 0 fully saturated rings. The predicted octanol–water partition coefficient (Wildman–Crippen LogP) is 4.95. The molecular weight excluding hydrogens is 418 g/mol. The Balaban J connectivity index is 2.12. The van der Waals surface area contributed by atoms with Crippen LogP contribution in [0.25, 0.3) is 11.0 Å². The van der Waals surface area contributed by atoms with Crippen LogP contribution in [0.3, 0.4) is 0 Å². The largest absolute Gasteiger partial charge is 0.457 e. The van der Waals surface area contributed by atoms with Gasteiger partial charge in [-0.2, -0.15) is 0 Å². The van der Waals surface area contributed by atoms with Crippen molar-refractivity contribution in [1.82, 2.24) is 0 Å². The Morgan fingerprint density at radius 2 is 1.91 bits per heavy atom. The van der Waals surface area contributed by atoms with Gasteiger partial charge >= 0.3 is 0 Å². The molecule has 1 aromatic heterocycles. The first kappa shape index (κ1) is 15.2. The minimum Gasteiger partial charge on any atom is -0.457 e. The lowest BCUT2D eigenvalue weighted by atomic mass is 10.1. The van der Waals surface area contributed by atoms with Crippen LogP contribution < -0.4 is 0 Å². The first-order valence-electron chi connectivity index (χ1n) is 6.27. The van der Waals surface area contributed by atoms with E-state index < -0.39 is 11.0 Å². The molecular formula is C15H9Br2NO4. The van der Waals surface area contributed by atoms with E-state index in [4.69, 9.17) is 4.42 Å². The third kappa shape index (κ3) is 2.67. The van der Waals surface area contributed by atoms with Crippen molar-refractivity contribution in [3.8, 4) is 0 Å². The second kappa shape index (κ2) is 5.83. The predicted molar refractivity (Wildman–Crippen MR) is 88.8 cm³/mol. The third-order valence-corrected chi connectivity index (χ3v) is 4.30. The molecule has 22 heavy (non-hydrogen) atoms. The number of para-hydroxylation sites is 1. The number of aliphatic hydroxyl groups excluding tert-OH is 1. The number of nitrogens with zero attached hydrogens (tertiary/aromatic N) is 1. The molecule has 2 aromatic carbocycles. The summed E-state index contributed by atoms with van der Waals surface area (Å²) in [5.74, 6) is 0.253. The number of furan rings is 1.